The molecule has 1 nitrogen and oxygen atoms in total. The summed E-state index contributed by atoms with van der Waals surface area (Å²) in [6.45, 7) is 10.6. The minimum absolute atomic E-state index is 0.787. The van der Waals surface area contributed by atoms with Crippen LogP contribution in [-0.4, -0.2) is 12.6 Å². The molecule has 0 bridgehead atoms. The van der Waals surface area contributed by atoms with Gasteiger partial charge in [0.1, 0.15) is 0 Å². The minimum Gasteiger partial charge on any atom is -0.314 e. The molecule has 1 aliphatic carbocycles. The average Bonchev–Trinajstić information content (AvgIpc) is 2.42. The highest BCUT2D eigenvalue weighted by atomic mass is 14.9. The fourth-order valence-electron chi connectivity index (χ4n) is 3.89. The Morgan fingerprint density at radius 3 is 2.53 bits per heavy atom. The Morgan fingerprint density at radius 2 is 1.95 bits per heavy atom. The Morgan fingerprint density at radius 1 is 1.16 bits per heavy atom. The van der Waals surface area contributed by atoms with Crippen LogP contribution in [0.2, 0.25) is 0 Å². The predicted molar refractivity (Wildman–Crippen MR) is 86.5 cm³/mol. The lowest BCUT2D eigenvalue weighted by atomic mass is 9.75. The third-order valence-electron chi connectivity index (χ3n) is 5.14. The first-order valence-electron chi connectivity index (χ1n) is 8.94. The molecule has 0 radical (unpaired) electrons. The summed E-state index contributed by atoms with van der Waals surface area (Å²) in [5, 5.41) is 3.81. The Hall–Kier alpha value is -0.0400. The molecule has 0 saturated heterocycles. The van der Waals surface area contributed by atoms with E-state index in [1.165, 1.54) is 57.8 Å². The maximum absolute atomic E-state index is 3.81. The van der Waals surface area contributed by atoms with E-state index in [9.17, 15) is 0 Å². The summed E-state index contributed by atoms with van der Waals surface area (Å²) in [7, 11) is 0. The second kappa shape index (κ2) is 9.80. The molecular weight excluding hydrogens is 230 g/mol. The van der Waals surface area contributed by atoms with Gasteiger partial charge in [-0.1, -0.05) is 66.2 Å². The Labute approximate surface area is 121 Å². The molecule has 19 heavy (non-hydrogen) atoms. The van der Waals surface area contributed by atoms with Gasteiger partial charge in [-0.05, 0) is 43.6 Å². The van der Waals surface area contributed by atoms with E-state index in [4.69, 9.17) is 0 Å². The van der Waals surface area contributed by atoms with E-state index in [1.54, 1.807) is 0 Å². The van der Waals surface area contributed by atoms with Crippen molar-refractivity contribution >= 4 is 0 Å². The molecule has 0 spiro atoms. The van der Waals surface area contributed by atoms with E-state index in [0.29, 0.717) is 0 Å². The quantitative estimate of drug-likeness (QED) is 0.590. The molecule has 1 aliphatic rings. The van der Waals surface area contributed by atoms with Gasteiger partial charge in [0.15, 0.2) is 0 Å². The van der Waals surface area contributed by atoms with Crippen molar-refractivity contribution < 1.29 is 0 Å². The second-order valence-electron chi connectivity index (χ2n) is 6.85. The molecule has 4 atom stereocenters. The van der Waals surface area contributed by atoms with E-state index in [1.807, 2.05) is 0 Å². The molecule has 4 unspecified atom stereocenters. The molecule has 1 N–H and O–H groups in total. The molecule has 114 valence electrons. The van der Waals surface area contributed by atoms with Crippen LogP contribution in [0.25, 0.3) is 0 Å². The van der Waals surface area contributed by atoms with Gasteiger partial charge in [0.2, 0.25) is 0 Å². The average molecular weight is 268 g/mol. The first-order valence-corrected chi connectivity index (χ1v) is 8.94. The number of unbranched alkanes of at least 4 members (excludes halogenated alkanes) is 1. The smallest absolute Gasteiger partial charge is 0.00979 e. The van der Waals surface area contributed by atoms with Crippen molar-refractivity contribution in [1.82, 2.24) is 5.32 Å². The molecule has 1 fully saturated rings. The van der Waals surface area contributed by atoms with Crippen LogP contribution in [0, 0.1) is 17.8 Å². The van der Waals surface area contributed by atoms with E-state index in [0.717, 1.165) is 30.3 Å². The highest BCUT2D eigenvalue weighted by Crippen LogP contribution is 2.33. The van der Waals surface area contributed by atoms with E-state index in [-0.39, 0.29) is 0 Å². The van der Waals surface area contributed by atoms with Crippen molar-refractivity contribution in [2.24, 2.45) is 17.8 Å². The summed E-state index contributed by atoms with van der Waals surface area (Å²) in [5.74, 6) is 2.84. The van der Waals surface area contributed by atoms with E-state index in [2.05, 4.69) is 33.0 Å². The van der Waals surface area contributed by atoms with Crippen LogP contribution in [0.4, 0.5) is 0 Å². The zero-order valence-corrected chi connectivity index (χ0v) is 13.9. The Bertz CT molecular complexity index is 214. The van der Waals surface area contributed by atoms with Gasteiger partial charge in [-0.3, -0.25) is 0 Å². The van der Waals surface area contributed by atoms with Crippen molar-refractivity contribution in [3.63, 3.8) is 0 Å². The summed E-state index contributed by atoms with van der Waals surface area (Å²) in [4.78, 5) is 0. The van der Waals surface area contributed by atoms with Crippen LogP contribution in [0.1, 0.15) is 85.5 Å². The summed E-state index contributed by atoms with van der Waals surface area (Å²) >= 11 is 0. The van der Waals surface area contributed by atoms with Gasteiger partial charge in [0.25, 0.3) is 0 Å². The van der Waals surface area contributed by atoms with Crippen molar-refractivity contribution in [2.45, 2.75) is 91.5 Å². The lowest BCUT2D eigenvalue weighted by Gasteiger charge is -2.35. The molecule has 0 aromatic rings. The van der Waals surface area contributed by atoms with Crippen LogP contribution in [0.15, 0.2) is 0 Å². The molecular formula is C18H37N. The van der Waals surface area contributed by atoms with Crippen LogP contribution >= 0.6 is 0 Å². The normalized spacial score (nSPS) is 27.2. The SMILES string of the molecule is CCCCC(CC)CC(NCC)C1CCCC(C)C1. The van der Waals surface area contributed by atoms with Gasteiger partial charge in [-0.25, -0.2) is 0 Å². The van der Waals surface area contributed by atoms with Gasteiger partial charge in [0, 0.05) is 6.04 Å². The molecule has 0 heterocycles. The molecule has 0 aromatic carbocycles. The zero-order valence-electron chi connectivity index (χ0n) is 13.9. The predicted octanol–water partition coefficient (Wildman–Crippen LogP) is 5.40. The van der Waals surface area contributed by atoms with E-state index >= 15 is 0 Å². The molecule has 0 amide bonds. The van der Waals surface area contributed by atoms with Gasteiger partial charge in [0.05, 0.1) is 0 Å². The van der Waals surface area contributed by atoms with Gasteiger partial charge < -0.3 is 5.32 Å². The molecule has 0 aromatic heterocycles. The van der Waals surface area contributed by atoms with Crippen molar-refractivity contribution in [2.75, 3.05) is 6.54 Å². The minimum atomic E-state index is 0.787. The topological polar surface area (TPSA) is 12.0 Å². The maximum atomic E-state index is 3.81. The molecule has 1 heteroatoms. The first-order chi connectivity index (χ1) is 9.21. The zero-order chi connectivity index (χ0) is 14.1. The fraction of sp³-hybridized carbons (Fsp3) is 1.00. The largest absolute Gasteiger partial charge is 0.314 e. The lowest BCUT2D eigenvalue weighted by molar-refractivity contribution is 0.195. The number of nitrogens with one attached hydrogen (secondary N) is 1. The number of hydrogen-bond donors (Lipinski definition) is 1. The third-order valence-corrected chi connectivity index (χ3v) is 5.14. The fourth-order valence-corrected chi connectivity index (χ4v) is 3.89. The van der Waals surface area contributed by atoms with Crippen LogP contribution in [0.3, 0.4) is 0 Å². The first kappa shape index (κ1) is 17.0. The maximum Gasteiger partial charge on any atom is 0.00979 e. The number of rotatable bonds is 9. The standard InChI is InChI=1S/C18H37N/c1-5-8-11-16(6-2)14-18(19-7-3)17-12-9-10-15(4)13-17/h15-19H,5-14H2,1-4H3. The lowest BCUT2D eigenvalue weighted by Crippen LogP contribution is -2.39. The summed E-state index contributed by atoms with van der Waals surface area (Å²) < 4.78 is 0. The molecule has 1 rings (SSSR count). The highest BCUT2D eigenvalue weighted by molar-refractivity contribution is 4.83. The van der Waals surface area contributed by atoms with Crippen LogP contribution in [-0.2, 0) is 0 Å². The van der Waals surface area contributed by atoms with Gasteiger partial charge in [-0.15, -0.1) is 0 Å². The third kappa shape index (κ3) is 6.29. The summed E-state index contributed by atoms with van der Waals surface area (Å²) in [6, 6.07) is 0.787. The monoisotopic (exact) mass is 267 g/mol. The number of hydrogen-bond acceptors (Lipinski definition) is 1. The van der Waals surface area contributed by atoms with Crippen molar-refractivity contribution in [3.8, 4) is 0 Å². The Kier molecular flexibility index (Phi) is 8.77. The summed E-state index contributed by atoms with van der Waals surface area (Å²) in [6.07, 6.45) is 12.8. The second-order valence-corrected chi connectivity index (χ2v) is 6.85. The van der Waals surface area contributed by atoms with E-state index < -0.39 is 0 Å². The summed E-state index contributed by atoms with van der Waals surface area (Å²) in [5.41, 5.74) is 0. The van der Waals surface area contributed by atoms with Crippen LogP contribution in [0.5, 0.6) is 0 Å². The molecule has 1 saturated carbocycles. The van der Waals surface area contributed by atoms with Crippen LogP contribution < -0.4 is 5.32 Å². The Balaban J connectivity index is 2.49. The van der Waals surface area contributed by atoms with Crippen molar-refractivity contribution in [3.05, 3.63) is 0 Å². The highest BCUT2D eigenvalue weighted by Gasteiger charge is 2.27. The van der Waals surface area contributed by atoms with Crippen molar-refractivity contribution in [1.29, 1.82) is 0 Å². The van der Waals surface area contributed by atoms with Gasteiger partial charge in [-0.2, -0.15) is 0 Å². The molecule has 0 aliphatic heterocycles. The van der Waals surface area contributed by atoms with Gasteiger partial charge >= 0.3 is 0 Å².